The maximum atomic E-state index is 7.69. The van der Waals surface area contributed by atoms with Crippen LogP contribution in [-0.2, 0) is 0 Å². The highest BCUT2D eigenvalue weighted by Crippen LogP contribution is 2.28. The number of hydrogen-bond donors (Lipinski definition) is 2. The van der Waals surface area contributed by atoms with Crippen molar-refractivity contribution in [3.63, 3.8) is 0 Å². The first kappa shape index (κ1) is 12.7. The van der Waals surface area contributed by atoms with Crippen LogP contribution in [0.5, 0.6) is 0 Å². The second kappa shape index (κ2) is 5.29. The lowest BCUT2D eigenvalue weighted by molar-refractivity contribution is 1.26. The van der Waals surface area contributed by atoms with Crippen molar-refractivity contribution in [1.29, 1.82) is 5.41 Å². The van der Waals surface area contributed by atoms with Crippen LogP contribution in [0.1, 0.15) is 0 Å². The molecule has 18 heavy (non-hydrogen) atoms. The zero-order valence-corrected chi connectivity index (χ0v) is 10.9. The summed E-state index contributed by atoms with van der Waals surface area (Å²) in [5.74, 6) is -0.0977. The third-order valence-electron chi connectivity index (χ3n) is 2.37. The Balaban J connectivity index is 2.50. The number of nitrogens with one attached hydrogen (secondary N) is 1. The molecule has 0 aliphatic carbocycles. The average Bonchev–Trinajstić information content (AvgIpc) is 2.28. The first-order chi connectivity index (χ1) is 8.58. The molecule has 0 radical (unpaired) electrons. The largest absolute Gasteiger partial charge is 0.369 e. The third-order valence-corrected chi connectivity index (χ3v) is 2.84. The molecule has 0 saturated heterocycles. The van der Waals surface area contributed by atoms with Gasteiger partial charge in [-0.1, -0.05) is 35.3 Å². The number of hydrogen-bond acceptors (Lipinski definition) is 1. The maximum absolute atomic E-state index is 7.69. The fourth-order valence-corrected chi connectivity index (χ4v) is 2.03. The maximum Gasteiger partial charge on any atom is 0.197 e. The Kier molecular flexibility index (Phi) is 3.75. The molecule has 0 spiro atoms. The van der Waals surface area contributed by atoms with Crippen molar-refractivity contribution in [2.75, 3.05) is 4.90 Å². The van der Waals surface area contributed by atoms with Gasteiger partial charge < -0.3 is 5.73 Å². The van der Waals surface area contributed by atoms with Crippen molar-refractivity contribution >= 4 is 40.5 Å². The van der Waals surface area contributed by atoms with Gasteiger partial charge in [-0.3, -0.25) is 10.3 Å². The predicted octanol–water partition coefficient (Wildman–Crippen LogP) is 4.02. The number of anilines is 2. The summed E-state index contributed by atoms with van der Waals surface area (Å²) in [5.41, 5.74) is 7.06. The van der Waals surface area contributed by atoms with Crippen LogP contribution in [0, 0.1) is 5.41 Å². The Morgan fingerprint density at radius 3 is 1.72 bits per heavy atom. The molecular formula is C13H11Cl2N3. The monoisotopic (exact) mass is 279 g/mol. The van der Waals surface area contributed by atoms with E-state index in [9.17, 15) is 0 Å². The quantitative estimate of drug-likeness (QED) is 0.644. The summed E-state index contributed by atoms with van der Waals surface area (Å²) in [6.07, 6.45) is 0. The van der Waals surface area contributed by atoms with E-state index in [1.54, 1.807) is 41.3 Å². The molecule has 5 heteroatoms. The Morgan fingerprint density at radius 2 is 1.39 bits per heavy atom. The van der Waals surface area contributed by atoms with Crippen LogP contribution in [0.3, 0.4) is 0 Å². The highest BCUT2D eigenvalue weighted by molar-refractivity contribution is 6.31. The molecule has 0 unspecified atom stereocenters. The minimum absolute atomic E-state index is 0.0977. The molecule has 0 saturated carbocycles. The standard InChI is InChI=1S/C13H11Cl2N3/c14-9-3-1-5-11(7-9)18(13(16)17)12-6-2-4-10(15)8-12/h1-8H,(H3,16,17). The molecule has 2 aromatic carbocycles. The summed E-state index contributed by atoms with van der Waals surface area (Å²) >= 11 is 11.9. The van der Waals surface area contributed by atoms with Gasteiger partial charge in [-0.05, 0) is 36.4 Å². The fourth-order valence-electron chi connectivity index (χ4n) is 1.66. The highest BCUT2D eigenvalue weighted by Gasteiger charge is 2.12. The first-order valence-corrected chi connectivity index (χ1v) is 5.99. The van der Waals surface area contributed by atoms with Gasteiger partial charge in [0.25, 0.3) is 0 Å². The van der Waals surface area contributed by atoms with E-state index in [1.165, 1.54) is 0 Å². The molecular weight excluding hydrogens is 269 g/mol. The van der Waals surface area contributed by atoms with E-state index in [1.807, 2.05) is 12.1 Å². The topological polar surface area (TPSA) is 53.1 Å². The summed E-state index contributed by atoms with van der Waals surface area (Å²) in [4.78, 5) is 1.57. The van der Waals surface area contributed by atoms with E-state index in [0.29, 0.717) is 10.0 Å². The molecule has 0 aliphatic rings. The summed E-state index contributed by atoms with van der Waals surface area (Å²) < 4.78 is 0. The molecule has 0 heterocycles. The Bertz CT molecular complexity index is 538. The average molecular weight is 280 g/mol. The predicted molar refractivity (Wildman–Crippen MR) is 77.0 cm³/mol. The normalized spacial score (nSPS) is 10.1. The molecule has 0 amide bonds. The van der Waals surface area contributed by atoms with Crippen LogP contribution in [0.25, 0.3) is 0 Å². The van der Waals surface area contributed by atoms with Gasteiger partial charge in [-0.25, -0.2) is 0 Å². The molecule has 0 aliphatic heterocycles. The Labute approximate surface area is 115 Å². The lowest BCUT2D eigenvalue weighted by Gasteiger charge is -2.23. The third kappa shape index (κ3) is 2.75. The van der Waals surface area contributed by atoms with E-state index in [0.717, 1.165) is 11.4 Å². The molecule has 0 aromatic heterocycles. The van der Waals surface area contributed by atoms with E-state index >= 15 is 0 Å². The van der Waals surface area contributed by atoms with E-state index in [-0.39, 0.29) is 5.96 Å². The molecule has 2 rings (SSSR count). The van der Waals surface area contributed by atoms with Gasteiger partial charge >= 0.3 is 0 Å². The van der Waals surface area contributed by atoms with Crippen molar-refractivity contribution < 1.29 is 0 Å². The number of benzene rings is 2. The Morgan fingerprint density at radius 1 is 0.944 bits per heavy atom. The molecule has 2 aromatic rings. The van der Waals surface area contributed by atoms with Gasteiger partial charge in [-0.2, -0.15) is 0 Å². The van der Waals surface area contributed by atoms with Crippen molar-refractivity contribution in [3.8, 4) is 0 Å². The number of guanidine groups is 1. The van der Waals surface area contributed by atoms with Crippen LogP contribution in [0.15, 0.2) is 48.5 Å². The van der Waals surface area contributed by atoms with Crippen LogP contribution < -0.4 is 10.6 Å². The van der Waals surface area contributed by atoms with Gasteiger partial charge in [-0.15, -0.1) is 0 Å². The number of nitrogens with two attached hydrogens (primary N) is 1. The molecule has 0 fully saturated rings. The molecule has 0 atom stereocenters. The van der Waals surface area contributed by atoms with Crippen molar-refractivity contribution in [2.24, 2.45) is 5.73 Å². The zero-order chi connectivity index (χ0) is 13.1. The lowest BCUT2D eigenvalue weighted by atomic mass is 10.2. The molecule has 0 bridgehead atoms. The van der Waals surface area contributed by atoms with Gasteiger partial charge in [0.1, 0.15) is 0 Å². The fraction of sp³-hybridized carbons (Fsp3) is 0. The van der Waals surface area contributed by atoms with E-state index in [4.69, 9.17) is 34.3 Å². The van der Waals surface area contributed by atoms with Gasteiger partial charge in [0.15, 0.2) is 5.96 Å². The zero-order valence-electron chi connectivity index (χ0n) is 9.40. The summed E-state index contributed by atoms with van der Waals surface area (Å²) in [6, 6.07) is 14.3. The van der Waals surface area contributed by atoms with Gasteiger partial charge in [0.2, 0.25) is 0 Å². The van der Waals surface area contributed by atoms with Crippen LogP contribution in [0.4, 0.5) is 11.4 Å². The van der Waals surface area contributed by atoms with Crippen LogP contribution in [0.2, 0.25) is 10.0 Å². The molecule has 92 valence electrons. The summed E-state index contributed by atoms with van der Waals surface area (Å²) in [5, 5.41) is 8.85. The van der Waals surface area contributed by atoms with Crippen molar-refractivity contribution in [2.45, 2.75) is 0 Å². The van der Waals surface area contributed by atoms with Gasteiger partial charge in [0.05, 0.1) is 11.4 Å². The lowest BCUT2D eigenvalue weighted by Crippen LogP contribution is -2.32. The van der Waals surface area contributed by atoms with E-state index in [2.05, 4.69) is 0 Å². The number of rotatable bonds is 2. The molecule has 3 N–H and O–H groups in total. The van der Waals surface area contributed by atoms with Crippen molar-refractivity contribution in [1.82, 2.24) is 0 Å². The van der Waals surface area contributed by atoms with Gasteiger partial charge in [0, 0.05) is 10.0 Å². The number of nitrogens with zero attached hydrogens (tertiary/aromatic N) is 1. The minimum atomic E-state index is -0.0977. The van der Waals surface area contributed by atoms with Crippen LogP contribution in [-0.4, -0.2) is 5.96 Å². The summed E-state index contributed by atoms with van der Waals surface area (Å²) in [7, 11) is 0. The number of halogens is 2. The first-order valence-electron chi connectivity index (χ1n) is 5.23. The highest BCUT2D eigenvalue weighted by atomic mass is 35.5. The second-order valence-corrected chi connectivity index (χ2v) is 4.55. The smallest absolute Gasteiger partial charge is 0.197 e. The van der Waals surface area contributed by atoms with E-state index < -0.39 is 0 Å². The van der Waals surface area contributed by atoms with Crippen molar-refractivity contribution in [3.05, 3.63) is 58.6 Å². The Hall–Kier alpha value is -1.71. The van der Waals surface area contributed by atoms with Crippen LogP contribution >= 0.6 is 23.2 Å². The minimum Gasteiger partial charge on any atom is -0.369 e. The SMILES string of the molecule is N=C(N)N(c1cccc(Cl)c1)c1cccc(Cl)c1. The summed E-state index contributed by atoms with van der Waals surface area (Å²) in [6.45, 7) is 0. The second-order valence-electron chi connectivity index (χ2n) is 3.68. The molecule has 3 nitrogen and oxygen atoms in total.